The number of hydrogen-bond donors (Lipinski definition) is 3. The molecule has 8 nitrogen and oxygen atoms in total. The molecule has 9 heteroatoms. The minimum Gasteiger partial charge on any atom is -0.481 e. The number of ether oxygens (including phenoxy) is 2. The molecule has 0 fully saturated rings. The summed E-state index contributed by atoms with van der Waals surface area (Å²) >= 11 is 0. The van der Waals surface area contributed by atoms with Gasteiger partial charge in [0.05, 0.1) is 12.2 Å². The van der Waals surface area contributed by atoms with Gasteiger partial charge in [-0.2, -0.15) is 0 Å². The maximum atomic E-state index is 12.9. The average Bonchev–Trinajstić information content (AvgIpc) is 2.95. The van der Waals surface area contributed by atoms with Gasteiger partial charge in [-0.3, -0.25) is 20.4 Å². The molecule has 1 aromatic heterocycles. The number of esters is 1. The summed E-state index contributed by atoms with van der Waals surface area (Å²) in [4.78, 5) is 39.2. The lowest BCUT2D eigenvalue weighted by Crippen LogP contribution is -2.47. The van der Waals surface area contributed by atoms with Gasteiger partial charge in [-0.15, -0.1) is 0 Å². The number of carbonyl (C=O) groups excluding carboxylic acids is 3. The van der Waals surface area contributed by atoms with Crippen LogP contribution in [0.15, 0.2) is 24.3 Å². The molecule has 3 N–H and O–H groups in total. The van der Waals surface area contributed by atoms with Crippen molar-refractivity contribution in [2.24, 2.45) is 0 Å². The Hall–Kier alpha value is -3.36. The SMILES string of the molecule is CCOC(=O)c1c(C)[nH]c(C(=O)NNC(=O)C(C)Oc2ccc(F)cc2)c1C. The Morgan fingerprint density at radius 2 is 1.79 bits per heavy atom. The van der Waals surface area contributed by atoms with Crippen LogP contribution in [-0.4, -0.2) is 35.5 Å². The maximum Gasteiger partial charge on any atom is 0.340 e. The van der Waals surface area contributed by atoms with E-state index in [-0.39, 0.29) is 17.9 Å². The van der Waals surface area contributed by atoms with E-state index >= 15 is 0 Å². The fraction of sp³-hybridized carbons (Fsp3) is 0.316. The lowest BCUT2D eigenvalue weighted by atomic mass is 10.1. The van der Waals surface area contributed by atoms with E-state index in [1.165, 1.54) is 31.2 Å². The topological polar surface area (TPSA) is 110 Å². The molecule has 1 aromatic carbocycles. The minimum atomic E-state index is -0.938. The van der Waals surface area contributed by atoms with Crippen molar-refractivity contribution in [3.63, 3.8) is 0 Å². The monoisotopic (exact) mass is 391 g/mol. The first kappa shape index (κ1) is 20.9. The average molecular weight is 391 g/mol. The third-order valence-electron chi connectivity index (χ3n) is 3.94. The Morgan fingerprint density at radius 1 is 1.14 bits per heavy atom. The number of nitrogens with one attached hydrogen (secondary N) is 3. The minimum absolute atomic E-state index is 0.132. The number of carbonyl (C=O) groups is 3. The van der Waals surface area contributed by atoms with Crippen molar-refractivity contribution >= 4 is 17.8 Å². The Kier molecular flexibility index (Phi) is 6.75. The van der Waals surface area contributed by atoms with Crippen LogP contribution >= 0.6 is 0 Å². The lowest BCUT2D eigenvalue weighted by molar-refractivity contribution is -0.128. The summed E-state index contributed by atoms with van der Waals surface area (Å²) < 4.78 is 23.2. The highest BCUT2D eigenvalue weighted by Gasteiger charge is 2.23. The first-order chi connectivity index (χ1) is 13.2. The Labute approximate surface area is 161 Å². The van der Waals surface area contributed by atoms with Crippen LogP contribution in [0.3, 0.4) is 0 Å². The molecule has 0 aliphatic rings. The van der Waals surface area contributed by atoms with E-state index in [9.17, 15) is 18.8 Å². The van der Waals surface area contributed by atoms with Gasteiger partial charge >= 0.3 is 5.97 Å². The fourth-order valence-electron chi connectivity index (χ4n) is 2.54. The second kappa shape index (κ2) is 9.03. The van der Waals surface area contributed by atoms with Crippen LogP contribution < -0.4 is 15.6 Å². The molecule has 1 atom stereocenters. The zero-order valence-corrected chi connectivity index (χ0v) is 16.0. The molecule has 0 spiro atoms. The van der Waals surface area contributed by atoms with Gasteiger partial charge in [0.1, 0.15) is 17.3 Å². The highest BCUT2D eigenvalue weighted by atomic mass is 19.1. The van der Waals surface area contributed by atoms with Crippen LogP contribution in [0.2, 0.25) is 0 Å². The van der Waals surface area contributed by atoms with E-state index < -0.39 is 29.7 Å². The van der Waals surface area contributed by atoms with E-state index in [1.807, 2.05) is 0 Å². The number of rotatable bonds is 6. The number of H-pyrrole nitrogens is 1. The van der Waals surface area contributed by atoms with E-state index in [1.54, 1.807) is 20.8 Å². The van der Waals surface area contributed by atoms with Gasteiger partial charge in [0.25, 0.3) is 11.8 Å². The maximum absolute atomic E-state index is 12.9. The first-order valence-electron chi connectivity index (χ1n) is 8.63. The van der Waals surface area contributed by atoms with E-state index in [0.717, 1.165) is 0 Å². The number of aromatic nitrogens is 1. The molecular weight excluding hydrogens is 369 g/mol. The molecule has 28 heavy (non-hydrogen) atoms. The van der Waals surface area contributed by atoms with E-state index in [4.69, 9.17) is 9.47 Å². The predicted molar refractivity (Wildman–Crippen MR) is 98.3 cm³/mol. The third-order valence-corrected chi connectivity index (χ3v) is 3.94. The number of aryl methyl sites for hydroxylation is 1. The number of amides is 2. The Bertz CT molecular complexity index is 876. The van der Waals surface area contributed by atoms with Crippen LogP contribution in [0.25, 0.3) is 0 Å². The van der Waals surface area contributed by atoms with Crippen LogP contribution in [0.5, 0.6) is 5.75 Å². The van der Waals surface area contributed by atoms with Crippen molar-refractivity contribution in [2.75, 3.05) is 6.61 Å². The van der Waals surface area contributed by atoms with Crippen molar-refractivity contribution in [1.82, 2.24) is 15.8 Å². The molecule has 0 saturated carbocycles. The third kappa shape index (κ3) is 4.87. The summed E-state index contributed by atoms with van der Waals surface area (Å²) in [5, 5.41) is 0. The lowest BCUT2D eigenvalue weighted by Gasteiger charge is -2.15. The van der Waals surface area contributed by atoms with Gasteiger partial charge < -0.3 is 14.5 Å². The summed E-state index contributed by atoms with van der Waals surface area (Å²) in [6.45, 7) is 6.63. The van der Waals surface area contributed by atoms with Gasteiger partial charge in [0, 0.05) is 5.69 Å². The summed E-state index contributed by atoms with van der Waals surface area (Å²) in [6, 6.07) is 5.19. The first-order valence-corrected chi connectivity index (χ1v) is 8.63. The highest BCUT2D eigenvalue weighted by molar-refractivity contribution is 6.01. The Morgan fingerprint density at radius 3 is 2.39 bits per heavy atom. The van der Waals surface area contributed by atoms with Gasteiger partial charge in [-0.1, -0.05) is 0 Å². The van der Waals surface area contributed by atoms with Crippen molar-refractivity contribution < 1.29 is 28.2 Å². The highest BCUT2D eigenvalue weighted by Crippen LogP contribution is 2.19. The van der Waals surface area contributed by atoms with Gasteiger partial charge in [0.2, 0.25) is 0 Å². The summed E-state index contributed by atoms with van der Waals surface area (Å²) in [7, 11) is 0. The predicted octanol–water partition coefficient (Wildman–Crippen LogP) is 2.18. The van der Waals surface area contributed by atoms with Crippen molar-refractivity contribution in [3.8, 4) is 5.75 Å². The quantitative estimate of drug-likeness (QED) is 0.517. The van der Waals surface area contributed by atoms with Gasteiger partial charge in [0.15, 0.2) is 6.10 Å². The zero-order chi connectivity index (χ0) is 20.8. The van der Waals surface area contributed by atoms with E-state index in [2.05, 4.69) is 15.8 Å². The van der Waals surface area contributed by atoms with Crippen LogP contribution in [0, 0.1) is 19.7 Å². The molecule has 0 bridgehead atoms. The molecule has 0 radical (unpaired) electrons. The van der Waals surface area contributed by atoms with Crippen LogP contribution in [0.4, 0.5) is 4.39 Å². The molecule has 1 heterocycles. The van der Waals surface area contributed by atoms with Crippen molar-refractivity contribution in [1.29, 1.82) is 0 Å². The molecule has 2 amide bonds. The van der Waals surface area contributed by atoms with Gasteiger partial charge in [-0.05, 0) is 57.5 Å². The summed E-state index contributed by atoms with van der Waals surface area (Å²) in [5.41, 5.74) is 5.83. The molecular formula is C19H22FN3O5. The normalized spacial score (nSPS) is 11.5. The molecule has 2 aromatic rings. The second-order valence-electron chi connectivity index (χ2n) is 6.00. The molecule has 2 rings (SSSR count). The number of hydrogen-bond acceptors (Lipinski definition) is 5. The number of aromatic amines is 1. The Balaban J connectivity index is 1.97. The number of halogens is 1. The zero-order valence-electron chi connectivity index (χ0n) is 16.0. The van der Waals surface area contributed by atoms with E-state index in [0.29, 0.717) is 17.0 Å². The number of benzene rings is 1. The molecule has 0 aliphatic heterocycles. The number of hydrazine groups is 1. The molecule has 150 valence electrons. The molecule has 0 aliphatic carbocycles. The summed E-state index contributed by atoms with van der Waals surface area (Å²) in [5.74, 6) is -1.87. The van der Waals surface area contributed by atoms with Crippen LogP contribution in [-0.2, 0) is 9.53 Å². The van der Waals surface area contributed by atoms with Crippen molar-refractivity contribution in [3.05, 3.63) is 52.6 Å². The van der Waals surface area contributed by atoms with Crippen molar-refractivity contribution in [2.45, 2.75) is 33.8 Å². The summed E-state index contributed by atoms with van der Waals surface area (Å²) in [6.07, 6.45) is -0.938. The molecule has 1 unspecified atom stereocenters. The van der Waals surface area contributed by atoms with Gasteiger partial charge in [-0.25, -0.2) is 9.18 Å². The van der Waals surface area contributed by atoms with Crippen LogP contribution in [0.1, 0.15) is 46.0 Å². The second-order valence-corrected chi connectivity index (χ2v) is 6.00. The standard InChI is InChI=1S/C19H22FN3O5/c1-5-27-19(26)15-10(2)16(21-11(15)3)18(25)23-22-17(24)12(4)28-14-8-6-13(20)7-9-14/h6-9,12,21H,5H2,1-4H3,(H,22,24)(H,23,25). The largest absolute Gasteiger partial charge is 0.481 e. The fourth-order valence-corrected chi connectivity index (χ4v) is 2.54. The molecule has 0 saturated heterocycles. The smallest absolute Gasteiger partial charge is 0.340 e.